The van der Waals surface area contributed by atoms with Crippen molar-refractivity contribution >= 4 is 21.8 Å². The van der Waals surface area contributed by atoms with E-state index in [1.54, 1.807) is 6.07 Å². The largest absolute Gasteiger partial charge is 0.351 e. The van der Waals surface area contributed by atoms with Gasteiger partial charge in [-0.3, -0.25) is 14.8 Å². The van der Waals surface area contributed by atoms with Crippen molar-refractivity contribution in [3.63, 3.8) is 0 Å². The highest BCUT2D eigenvalue weighted by Gasteiger charge is 2.38. The van der Waals surface area contributed by atoms with E-state index in [0.717, 1.165) is 36.0 Å². The van der Waals surface area contributed by atoms with Crippen LogP contribution in [0.25, 0.3) is 0 Å². The first-order chi connectivity index (χ1) is 13.5. The minimum Gasteiger partial charge on any atom is -0.351 e. The molecule has 1 aromatic carbocycles. The topological polar surface area (TPSA) is 73.9 Å². The summed E-state index contributed by atoms with van der Waals surface area (Å²) in [4.78, 5) is 19.4. The van der Waals surface area contributed by atoms with E-state index in [9.17, 15) is 9.18 Å². The maximum Gasteiger partial charge on any atom is 0.223 e. The van der Waals surface area contributed by atoms with Gasteiger partial charge in [-0.1, -0.05) is 34.8 Å². The number of rotatable bonds is 5. The summed E-state index contributed by atoms with van der Waals surface area (Å²) in [6.07, 6.45) is 4.19. The fourth-order valence-corrected chi connectivity index (χ4v) is 4.66. The highest BCUT2D eigenvalue weighted by Crippen LogP contribution is 2.30. The van der Waals surface area contributed by atoms with Crippen molar-refractivity contribution < 1.29 is 9.18 Å². The Labute approximate surface area is 172 Å². The lowest BCUT2D eigenvalue weighted by molar-refractivity contribution is -0.125. The third-order valence-electron chi connectivity index (χ3n) is 5.80. The summed E-state index contributed by atoms with van der Waals surface area (Å²) < 4.78 is 15.0. The Bertz CT molecular complexity index is 851. The molecule has 0 spiro atoms. The lowest BCUT2D eigenvalue weighted by Crippen LogP contribution is -2.42. The number of hydrogen-bond donors (Lipinski definition) is 2. The van der Waals surface area contributed by atoms with Crippen molar-refractivity contribution in [2.45, 2.75) is 51.1 Å². The molecule has 2 atom stereocenters. The molecule has 1 amide bonds. The molecule has 1 saturated heterocycles. The maximum atomic E-state index is 14.3. The van der Waals surface area contributed by atoms with Gasteiger partial charge >= 0.3 is 0 Å². The van der Waals surface area contributed by atoms with Crippen LogP contribution in [0.15, 0.2) is 22.7 Å². The standard InChI is InChI=1S/C20H25BrFN5O/c1-12-23-19(26-25-12)16-10-27(9-14-6-7-15(21)8-17(14)22)11-18(16)24-20(28)13-4-2-3-5-13/h6-8,13,16,18H,2-5,9-11H2,1H3,(H,24,28)(H,23,25,26)/t16-,18-/m1/s1. The molecule has 1 saturated carbocycles. The molecule has 6 nitrogen and oxygen atoms in total. The van der Waals surface area contributed by atoms with E-state index in [0.29, 0.717) is 31.0 Å². The molecule has 1 aromatic heterocycles. The van der Waals surface area contributed by atoms with Crippen molar-refractivity contribution in [2.24, 2.45) is 5.92 Å². The van der Waals surface area contributed by atoms with Crippen LogP contribution >= 0.6 is 15.9 Å². The molecule has 2 heterocycles. The number of nitrogens with one attached hydrogen (secondary N) is 2. The molecule has 2 N–H and O–H groups in total. The molecule has 1 aliphatic heterocycles. The van der Waals surface area contributed by atoms with Gasteiger partial charge in [0, 0.05) is 35.6 Å². The molecule has 8 heteroatoms. The Balaban J connectivity index is 1.50. The van der Waals surface area contributed by atoms with E-state index in [1.165, 1.54) is 6.07 Å². The number of carbonyl (C=O) groups is 1. The lowest BCUT2D eigenvalue weighted by Gasteiger charge is -2.20. The van der Waals surface area contributed by atoms with Crippen LogP contribution in [-0.2, 0) is 11.3 Å². The second-order valence-electron chi connectivity index (χ2n) is 7.91. The van der Waals surface area contributed by atoms with Gasteiger partial charge in [-0.2, -0.15) is 5.10 Å². The summed E-state index contributed by atoms with van der Waals surface area (Å²) >= 11 is 3.30. The van der Waals surface area contributed by atoms with E-state index >= 15 is 0 Å². The predicted molar refractivity (Wildman–Crippen MR) is 107 cm³/mol. The number of nitrogens with zero attached hydrogens (tertiary/aromatic N) is 3. The number of benzene rings is 1. The lowest BCUT2D eigenvalue weighted by atomic mass is 10.0. The zero-order valence-electron chi connectivity index (χ0n) is 15.9. The highest BCUT2D eigenvalue weighted by atomic mass is 79.9. The van der Waals surface area contributed by atoms with Gasteiger partial charge in [-0.25, -0.2) is 9.37 Å². The third-order valence-corrected chi connectivity index (χ3v) is 6.30. The average molecular weight is 450 g/mol. The van der Waals surface area contributed by atoms with Crippen molar-refractivity contribution in [3.05, 3.63) is 45.7 Å². The van der Waals surface area contributed by atoms with Crippen LogP contribution in [0.2, 0.25) is 0 Å². The summed E-state index contributed by atoms with van der Waals surface area (Å²) in [5, 5.41) is 10.5. The van der Waals surface area contributed by atoms with E-state index < -0.39 is 0 Å². The van der Waals surface area contributed by atoms with E-state index in [1.807, 2.05) is 13.0 Å². The van der Waals surface area contributed by atoms with Gasteiger partial charge in [-0.05, 0) is 31.9 Å². The fraction of sp³-hybridized carbons (Fsp3) is 0.550. The first kappa shape index (κ1) is 19.5. The zero-order valence-corrected chi connectivity index (χ0v) is 17.5. The number of amides is 1. The highest BCUT2D eigenvalue weighted by molar-refractivity contribution is 9.10. The Morgan fingerprint density at radius 3 is 2.82 bits per heavy atom. The van der Waals surface area contributed by atoms with Gasteiger partial charge in [0.1, 0.15) is 11.6 Å². The molecule has 4 rings (SSSR count). The van der Waals surface area contributed by atoms with Crippen LogP contribution in [0, 0.1) is 18.7 Å². The molecular formula is C20H25BrFN5O. The number of aromatic nitrogens is 3. The van der Waals surface area contributed by atoms with E-state index in [4.69, 9.17) is 0 Å². The monoisotopic (exact) mass is 449 g/mol. The molecular weight excluding hydrogens is 425 g/mol. The van der Waals surface area contributed by atoms with Gasteiger partial charge in [0.15, 0.2) is 5.82 Å². The molecule has 2 aliphatic rings. The summed E-state index contributed by atoms with van der Waals surface area (Å²) in [6, 6.07) is 5.07. The summed E-state index contributed by atoms with van der Waals surface area (Å²) in [5.41, 5.74) is 0.649. The SMILES string of the molecule is Cc1nc([C@@H]2CN(Cc3ccc(Br)cc3F)C[C@H]2NC(=O)C2CCCC2)n[nH]1. The first-order valence-corrected chi connectivity index (χ1v) is 10.6. The van der Waals surface area contributed by atoms with Crippen molar-refractivity contribution in [3.8, 4) is 0 Å². The summed E-state index contributed by atoms with van der Waals surface area (Å²) in [6.45, 7) is 3.70. The zero-order chi connectivity index (χ0) is 19.7. The van der Waals surface area contributed by atoms with Crippen molar-refractivity contribution in [1.29, 1.82) is 0 Å². The van der Waals surface area contributed by atoms with Gasteiger partial charge in [0.25, 0.3) is 0 Å². The Kier molecular flexibility index (Phi) is 5.78. The van der Waals surface area contributed by atoms with Crippen LogP contribution in [0.5, 0.6) is 0 Å². The number of likely N-dealkylation sites (tertiary alicyclic amines) is 1. The van der Waals surface area contributed by atoms with Gasteiger partial charge in [0.05, 0.1) is 12.0 Å². The van der Waals surface area contributed by atoms with Crippen LogP contribution < -0.4 is 5.32 Å². The number of hydrogen-bond acceptors (Lipinski definition) is 4. The normalized spacial score (nSPS) is 23.4. The Morgan fingerprint density at radius 2 is 2.14 bits per heavy atom. The van der Waals surface area contributed by atoms with E-state index in [2.05, 4.69) is 41.3 Å². The molecule has 0 unspecified atom stereocenters. The Hall–Kier alpha value is -1.80. The molecule has 0 radical (unpaired) electrons. The van der Waals surface area contributed by atoms with Crippen LogP contribution in [-0.4, -0.2) is 45.1 Å². The smallest absolute Gasteiger partial charge is 0.223 e. The first-order valence-electron chi connectivity index (χ1n) is 9.85. The number of aryl methyl sites for hydroxylation is 1. The minimum atomic E-state index is -0.224. The van der Waals surface area contributed by atoms with Crippen LogP contribution in [0.4, 0.5) is 4.39 Å². The summed E-state index contributed by atoms with van der Waals surface area (Å²) in [7, 11) is 0. The second-order valence-corrected chi connectivity index (χ2v) is 8.83. The maximum absolute atomic E-state index is 14.3. The second kappa shape index (κ2) is 8.29. The number of carbonyl (C=O) groups excluding carboxylic acids is 1. The molecule has 28 heavy (non-hydrogen) atoms. The number of H-pyrrole nitrogens is 1. The van der Waals surface area contributed by atoms with Gasteiger partial charge in [0.2, 0.25) is 5.91 Å². The van der Waals surface area contributed by atoms with E-state index in [-0.39, 0.29) is 29.6 Å². The number of aromatic amines is 1. The quantitative estimate of drug-likeness (QED) is 0.734. The van der Waals surface area contributed by atoms with Gasteiger partial charge < -0.3 is 5.32 Å². The Morgan fingerprint density at radius 1 is 1.36 bits per heavy atom. The fourth-order valence-electron chi connectivity index (χ4n) is 4.33. The molecule has 150 valence electrons. The number of halogens is 2. The predicted octanol–water partition coefficient (Wildman–Crippen LogP) is 3.29. The summed E-state index contributed by atoms with van der Waals surface area (Å²) in [5.74, 6) is 1.50. The van der Waals surface area contributed by atoms with Gasteiger partial charge in [-0.15, -0.1) is 0 Å². The third kappa shape index (κ3) is 4.27. The average Bonchev–Trinajstić information content (AvgIpc) is 3.38. The molecule has 2 fully saturated rings. The van der Waals surface area contributed by atoms with Crippen LogP contribution in [0.1, 0.15) is 48.8 Å². The molecule has 1 aliphatic carbocycles. The minimum absolute atomic E-state index is 0.00573. The van der Waals surface area contributed by atoms with Crippen LogP contribution in [0.3, 0.4) is 0 Å². The molecule has 0 bridgehead atoms. The van der Waals surface area contributed by atoms with Crippen molar-refractivity contribution in [2.75, 3.05) is 13.1 Å². The van der Waals surface area contributed by atoms with Crippen molar-refractivity contribution in [1.82, 2.24) is 25.4 Å². The molecule has 2 aromatic rings.